The SMILES string of the molecule is O=[S+]1(O)CCC(O)(CNCc2cn(-c3ccc4ncnc(Nc5ccc(OCc6cccc(F)c6)c(Cl)c5)c4c3)cc2CCO)CC1. The smallest absolute Gasteiger partial charge is 0.214 e. The molecule has 5 N–H and O–H groups in total. The van der Waals surface area contributed by atoms with Crippen molar-refractivity contribution in [3.63, 3.8) is 0 Å². The average Bonchev–Trinajstić information content (AvgIpc) is 3.45. The second-order valence-corrected chi connectivity index (χ2v) is 14.6. The molecule has 0 radical (unpaired) electrons. The van der Waals surface area contributed by atoms with Crippen molar-refractivity contribution in [1.82, 2.24) is 19.9 Å². The Hall–Kier alpha value is -3.91. The van der Waals surface area contributed by atoms with Gasteiger partial charge in [-0.1, -0.05) is 27.9 Å². The third-order valence-electron chi connectivity index (χ3n) is 8.32. The molecule has 1 saturated heterocycles. The van der Waals surface area contributed by atoms with E-state index in [9.17, 15) is 23.4 Å². The van der Waals surface area contributed by atoms with Gasteiger partial charge < -0.3 is 30.2 Å². The summed E-state index contributed by atoms with van der Waals surface area (Å²) >= 11 is 6.52. The van der Waals surface area contributed by atoms with E-state index in [0.29, 0.717) is 47.4 Å². The maximum Gasteiger partial charge on any atom is 0.214 e. The van der Waals surface area contributed by atoms with Gasteiger partial charge in [-0.15, -0.1) is 0 Å². The highest BCUT2D eigenvalue weighted by atomic mass is 35.5. The summed E-state index contributed by atoms with van der Waals surface area (Å²) in [4.78, 5) is 8.91. The number of ether oxygens (including phenoxy) is 1. The van der Waals surface area contributed by atoms with Gasteiger partial charge in [0.05, 0.1) is 16.1 Å². The van der Waals surface area contributed by atoms with Gasteiger partial charge in [0, 0.05) is 61.7 Å². The highest BCUT2D eigenvalue weighted by molar-refractivity contribution is 7.97. The van der Waals surface area contributed by atoms with E-state index < -0.39 is 15.8 Å². The minimum atomic E-state index is -2.83. The third-order valence-corrected chi connectivity index (χ3v) is 10.3. The molecular formula is C34H36ClFN5O5S+. The fourth-order valence-corrected chi connectivity index (χ4v) is 7.49. The molecule has 0 spiro atoms. The summed E-state index contributed by atoms with van der Waals surface area (Å²) in [7, 11) is -2.83. The summed E-state index contributed by atoms with van der Waals surface area (Å²) < 4.78 is 43.0. The van der Waals surface area contributed by atoms with Gasteiger partial charge in [0.2, 0.25) is 10.2 Å². The first kappa shape index (κ1) is 33.0. The fraction of sp³-hybridized carbons (Fsp3) is 0.294. The highest BCUT2D eigenvalue weighted by Crippen LogP contribution is 2.32. The number of halogens is 2. The normalized spacial score (nSPS) is 19.6. The first-order chi connectivity index (χ1) is 22.6. The van der Waals surface area contributed by atoms with Crippen LogP contribution in [0.3, 0.4) is 0 Å². The van der Waals surface area contributed by atoms with E-state index in [4.69, 9.17) is 16.3 Å². The Balaban J connectivity index is 1.17. The summed E-state index contributed by atoms with van der Waals surface area (Å²) in [6.45, 7) is 0.935. The van der Waals surface area contributed by atoms with Crippen molar-refractivity contribution in [2.75, 3.05) is 30.0 Å². The van der Waals surface area contributed by atoms with Gasteiger partial charge in [-0.3, -0.25) is 0 Å². The lowest BCUT2D eigenvalue weighted by molar-refractivity contribution is 0.0292. The number of benzene rings is 3. The van der Waals surface area contributed by atoms with Gasteiger partial charge in [-0.25, -0.2) is 14.4 Å². The fourth-order valence-electron chi connectivity index (χ4n) is 5.65. The van der Waals surface area contributed by atoms with E-state index in [1.807, 2.05) is 41.2 Å². The number of aliphatic hydroxyl groups is 2. The van der Waals surface area contributed by atoms with Crippen LogP contribution in [0.1, 0.15) is 29.5 Å². The highest BCUT2D eigenvalue weighted by Gasteiger charge is 2.41. The number of rotatable bonds is 12. The molecular weight excluding hydrogens is 645 g/mol. The van der Waals surface area contributed by atoms with Crippen LogP contribution in [0.4, 0.5) is 15.9 Å². The molecule has 1 fully saturated rings. The van der Waals surface area contributed by atoms with Gasteiger partial charge in [0.15, 0.2) is 0 Å². The maximum absolute atomic E-state index is 13.5. The number of hydrogen-bond acceptors (Lipinski definition) is 8. The Morgan fingerprint density at radius 2 is 1.85 bits per heavy atom. The molecule has 0 amide bonds. The van der Waals surface area contributed by atoms with E-state index in [1.165, 1.54) is 18.5 Å². The lowest BCUT2D eigenvalue weighted by Gasteiger charge is -2.31. The van der Waals surface area contributed by atoms with Crippen LogP contribution in [0.5, 0.6) is 5.75 Å². The van der Waals surface area contributed by atoms with Crippen LogP contribution in [0.25, 0.3) is 16.6 Å². The van der Waals surface area contributed by atoms with Crippen LogP contribution >= 0.6 is 11.6 Å². The summed E-state index contributed by atoms with van der Waals surface area (Å²) in [5.74, 6) is 0.927. The Kier molecular flexibility index (Phi) is 9.88. The Morgan fingerprint density at radius 1 is 1.04 bits per heavy atom. The molecule has 0 saturated carbocycles. The van der Waals surface area contributed by atoms with Crippen molar-refractivity contribution >= 4 is 44.2 Å². The van der Waals surface area contributed by atoms with Crippen LogP contribution in [0.2, 0.25) is 5.02 Å². The molecule has 2 aromatic heterocycles. The predicted octanol–water partition coefficient (Wildman–Crippen LogP) is 5.66. The number of hydrogen-bond donors (Lipinski definition) is 5. The quantitative estimate of drug-likeness (QED) is 0.106. The van der Waals surface area contributed by atoms with Crippen molar-refractivity contribution in [3.8, 4) is 11.4 Å². The number of nitrogens with zero attached hydrogens (tertiary/aromatic N) is 3. The van der Waals surface area contributed by atoms with Crippen molar-refractivity contribution in [3.05, 3.63) is 107 Å². The Morgan fingerprint density at radius 3 is 2.62 bits per heavy atom. The second-order valence-electron chi connectivity index (χ2n) is 11.8. The lowest BCUT2D eigenvalue weighted by atomic mass is 9.97. The van der Waals surface area contributed by atoms with Gasteiger partial charge in [0.1, 0.15) is 41.8 Å². The third kappa shape index (κ3) is 8.15. The zero-order valence-electron chi connectivity index (χ0n) is 25.5. The number of aromatic nitrogens is 3. The molecule has 47 heavy (non-hydrogen) atoms. The zero-order valence-corrected chi connectivity index (χ0v) is 27.1. The van der Waals surface area contributed by atoms with Gasteiger partial charge >= 0.3 is 0 Å². The summed E-state index contributed by atoms with van der Waals surface area (Å²) in [5, 5.41) is 28.4. The summed E-state index contributed by atoms with van der Waals surface area (Å²) in [5.41, 5.74) is 3.91. The monoisotopic (exact) mass is 680 g/mol. The average molecular weight is 681 g/mol. The van der Waals surface area contributed by atoms with Crippen molar-refractivity contribution < 1.29 is 28.1 Å². The topological polar surface area (TPSA) is 142 Å². The summed E-state index contributed by atoms with van der Waals surface area (Å²) in [6, 6.07) is 17.4. The molecule has 3 aromatic carbocycles. The number of aliphatic hydroxyl groups excluding tert-OH is 1. The first-order valence-electron chi connectivity index (χ1n) is 15.2. The Bertz CT molecular complexity index is 1930. The minimum absolute atomic E-state index is 0.0113. The predicted molar refractivity (Wildman–Crippen MR) is 181 cm³/mol. The first-order valence-corrected chi connectivity index (χ1v) is 17.5. The second kappa shape index (κ2) is 14.1. The number of nitrogens with one attached hydrogen (secondary N) is 2. The molecule has 3 heterocycles. The number of fused-ring (bicyclic) bond motifs is 1. The van der Waals surface area contributed by atoms with Crippen molar-refractivity contribution in [2.24, 2.45) is 0 Å². The lowest BCUT2D eigenvalue weighted by Crippen LogP contribution is -2.48. The molecule has 6 rings (SSSR count). The largest absolute Gasteiger partial charge is 0.487 e. The zero-order chi connectivity index (χ0) is 33.0. The molecule has 0 unspecified atom stereocenters. The van der Waals surface area contributed by atoms with Gasteiger partial charge in [-0.2, -0.15) is 4.55 Å². The van der Waals surface area contributed by atoms with E-state index >= 15 is 0 Å². The van der Waals surface area contributed by atoms with E-state index in [1.54, 1.807) is 24.3 Å². The minimum Gasteiger partial charge on any atom is -0.487 e. The maximum atomic E-state index is 13.5. The van der Waals surface area contributed by atoms with Crippen molar-refractivity contribution in [1.29, 1.82) is 0 Å². The van der Waals surface area contributed by atoms with Gasteiger partial charge in [0.25, 0.3) is 0 Å². The van der Waals surface area contributed by atoms with E-state index in [0.717, 1.165) is 27.7 Å². The molecule has 0 bridgehead atoms. The summed E-state index contributed by atoms with van der Waals surface area (Å²) in [6.07, 6.45) is 6.47. The molecule has 10 nitrogen and oxygen atoms in total. The molecule has 5 aromatic rings. The number of anilines is 2. The molecule has 13 heteroatoms. The van der Waals surface area contributed by atoms with Crippen molar-refractivity contribution in [2.45, 2.75) is 38.0 Å². The molecule has 1 aliphatic heterocycles. The van der Waals surface area contributed by atoms with Crippen LogP contribution < -0.4 is 15.4 Å². The molecule has 246 valence electrons. The van der Waals surface area contributed by atoms with Crippen LogP contribution in [0, 0.1) is 5.82 Å². The Labute approximate surface area is 277 Å². The van der Waals surface area contributed by atoms with E-state index in [-0.39, 0.29) is 43.4 Å². The standard InChI is InChI=1S/C34H35ClFN5O5S/c35-30-15-27(4-7-32(30)46-20-23-2-1-3-26(36)14-23)40-33-29-16-28(5-6-31(29)38-22-39-33)41-18-24(8-11-42)25(19-41)17-37-21-34(43)9-12-47(44,45)13-10-34/h1-7,14-16,18-19,22,37,42-43H,8-13,17,20-21H2,(H-,38,39,40,44,45)/p+1. The van der Waals surface area contributed by atoms with Crippen LogP contribution in [0.15, 0.2) is 79.4 Å². The molecule has 0 atom stereocenters. The van der Waals surface area contributed by atoms with Gasteiger partial charge in [-0.05, 0) is 71.6 Å². The molecule has 0 aliphatic carbocycles. The van der Waals surface area contributed by atoms with Crippen LogP contribution in [-0.2, 0) is 34.0 Å². The molecule has 1 aliphatic rings. The van der Waals surface area contributed by atoms with E-state index in [2.05, 4.69) is 20.6 Å². The van der Waals surface area contributed by atoms with Crippen LogP contribution in [-0.4, -0.2) is 59.6 Å².